The van der Waals surface area contributed by atoms with Crippen molar-refractivity contribution < 1.29 is 14.3 Å². The smallest absolute Gasteiger partial charge is 0.242 e. The Bertz CT molecular complexity index is 943. The summed E-state index contributed by atoms with van der Waals surface area (Å²) >= 11 is 1.73. The van der Waals surface area contributed by atoms with Gasteiger partial charge in [-0.3, -0.25) is 14.5 Å². The molecule has 210 valence electrons. The third-order valence-corrected chi connectivity index (χ3v) is 8.16. The highest BCUT2D eigenvalue weighted by molar-refractivity contribution is 7.11. The molecule has 1 aliphatic heterocycles. The standard InChI is InChI=1S/C31H47N3O3S/c1-3-4-5-6-7-8-12-15-30(35)33(19-18-32-20-22-37-23-21-32)26-31(36)34(24-28-13-10-9-11-14-28)25-29-17-16-27(2)38-29/h9-11,13-14,16-17H,3-8,12,15,18-26H2,1-2H3. The predicted molar refractivity (Wildman–Crippen MR) is 156 cm³/mol. The summed E-state index contributed by atoms with van der Waals surface area (Å²) in [5.74, 6) is 0.113. The second-order valence-electron chi connectivity index (χ2n) is 10.4. The summed E-state index contributed by atoms with van der Waals surface area (Å²) in [6.45, 7) is 10.2. The van der Waals surface area contributed by atoms with E-state index in [0.29, 0.717) is 26.1 Å². The van der Waals surface area contributed by atoms with Gasteiger partial charge < -0.3 is 14.5 Å². The number of unbranched alkanes of at least 4 members (excludes halogenated alkanes) is 6. The summed E-state index contributed by atoms with van der Waals surface area (Å²) in [4.78, 5) is 35.5. The molecular formula is C31H47N3O3S. The fourth-order valence-electron chi connectivity index (χ4n) is 4.83. The highest BCUT2D eigenvalue weighted by Crippen LogP contribution is 2.19. The third kappa shape index (κ3) is 11.3. The van der Waals surface area contributed by atoms with E-state index in [1.165, 1.54) is 41.9 Å². The Morgan fingerprint density at radius 2 is 1.58 bits per heavy atom. The Morgan fingerprint density at radius 1 is 0.868 bits per heavy atom. The van der Waals surface area contributed by atoms with Crippen LogP contribution in [0.15, 0.2) is 42.5 Å². The quantitative estimate of drug-likeness (QED) is 0.235. The Balaban J connectivity index is 1.62. The van der Waals surface area contributed by atoms with Crippen LogP contribution in [0.25, 0.3) is 0 Å². The van der Waals surface area contributed by atoms with E-state index in [-0.39, 0.29) is 18.4 Å². The van der Waals surface area contributed by atoms with Crippen LogP contribution in [0.4, 0.5) is 0 Å². The number of morpholine rings is 1. The van der Waals surface area contributed by atoms with Crippen molar-refractivity contribution in [2.45, 2.75) is 78.3 Å². The molecule has 1 aromatic carbocycles. The Labute approximate surface area is 234 Å². The van der Waals surface area contributed by atoms with Crippen molar-refractivity contribution >= 4 is 23.2 Å². The predicted octanol–water partition coefficient (Wildman–Crippen LogP) is 5.89. The van der Waals surface area contributed by atoms with E-state index >= 15 is 0 Å². The number of hydrogen-bond acceptors (Lipinski definition) is 5. The Morgan fingerprint density at radius 3 is 2.26 bits per heavy atom. The normalized spacial score (nSPS) is 13.9. The fraction of sp³-hybridized carbons (Fsp3) is 0.613. The van der Waals surface area contributed by atoms with Gasteiger partial charge in [-0.2, -0.15) is 0 Å². The van der Waals surface area contributed by atoms with Crippen LogP contribution in [0.3, 0.4) is 0 Å². The summed E-state index contributed by atoms with van der Waals surface area (Å²) in [6, 6.07) is 14.3. The van der Waals surface area contributed by atoms with Gasteiger partial charge in [0.1, 0.15) is 0 Å². The zero-order chi connectivity index (χ0) is 27.0. The number of benzene rings is 1. The molecule has 1 saturated heterocycles. The second kappa shape index (κ2) is 17.4. The minimum atomic E-state index is 0.00907. The van der Waals surface area contributed by atoms with E-state index in [2.05, 4.69) is 43.0 Å². The zero-order valence-corrected chi connectivity index (χ0v) is 24.4. The molecule has 0 N–H and O–H groups in total. The fourth-order valence-corrected chi connectivity index (χ4v) is 5.73. The highest BCUT2D eigenvalue weighted by Gasteiger charge is 2.23. The van der Waals surface area contributed by atoms with Crippen LogP contribution in [0.5, 0.6) is 0 Å². The van der Waals surface area contributed by atoms with Crippen molar-refractivity contribution in [3.63, 3.8) is 0 Å². The van der Waals surface area contributed by atoms with Gasteiger partial charge in [-0.15, -0.1) is 11.3 Å². The van der Waals surface area contributed by atoms with Gasteiger partial charge >= 0.3 is 0 Å². The van der Waals surface area contributed by atoms with Crippen LogP contribution >= 0.6 is 11.3 Å². The average molecular weight is 542 g/mol. The number of ether oxygens (including phenoxy) is 1. The first-order valence-electron chi connectivity index (χ1n) is 14.5. The number of hydrogen-bond donors (Lipinski definition) is 0. The van der Waals surface area contributed by atoms with Crippen LogP contribution in [0, 0.1) is 6.92 Å². The number of carbonyl (C=O) groups is 2. The van der Waals surface area contributed by atoms with Gasteiger partial charge in [0, 0.05) is 48.9 Å². The first-order valence-corrected chi connectivity index (χ1v) is 15.3. The molecule has 0 atom stereocenters. The minimum Gasteiger partial charge on any atom is -0.379 e. The van der Waals surface area contributed by atoms with Crippen LogP contribution in [-0.4, -0.2) is 72.5 Å². The van der Waals surface area contributed by atoms with Gasteiger partial charge in [-0.05, 0) is 31.0 Å². The van der Waals surface area contributed by atoms with Crippen LogP contribution in [-0.2, 0) is 27.4 Å². The lowest BCUT2D eigenvalue weighted by Crippen LogP contribution is -2.47. The molecule has 38 heavy (non-hydrogen) atoms. The van der Waals surface area contributed by atoms with Crippen LogP contribution in [0.1, 0.15) is 73.6 Å². The lowest BCUT2D eigenvalue weighted by atomic mass is 10.1. The topological polar surface area (TPSA) is 53.1 Å². The molecule has 3 rings (SSSR count). The van der Waals surface area contributed by atoms with E-state index in [0.717, 1.165) is 51.3 Å². The van der Waals surface area contributed by atoms with Gasteiger partial charge in [-0.25, -0.2) is 0 Å². The van der Waals surface area contributed by atoms with Gasteiger partial charge in [0.25, 0.3) is 0 Å². The maximum Gasteiger partial charge on any atom is 0.242 e. The van der Waals surface area contributed by atoms with Crippen molar-refractivity contribution in [2.24, 2.45) is 0 Å². The maximum atomic E-state index is 13.7. The van der Waals surface area contributed by atoms with E-state index in [1.807, 2.05) is 28.0 Å². The summed E-state index contributed by atoms with van der Waals surface area (Å²) < 4.78 is 5.48. The molecule has 2 heterocycles. The van der Waals surface area contributed by atoms with Crippen molar-refractivity contribution in [1.29, 1.82) is 0 Å². The van der Waals surface area contributed by atoms with Crippen LogP contribution in [0.2, 0.25) is 0 Å². The molecule has 0 unspecified atom stereocenters. The van der Waals surface area contributed by atoms with Crippen LogP contribution < -0.4 is 0 Å². The molecule has 2 aromatic rings. The van der Waals surface area contributed by atoms with E-state index in [1.54, 1.807) is 11.3 Å². The molecular weight excluding hydrogens is 494 g/mol. The van der Waals surface area contributed by atoms with E-state index < -0.39 is 0 Å². The number of carbonyl (C=O) groups excluding carboxylic acids is 2. The summed E-state index contributed by atoms with van der Waals surface area (Å²) in [5.41, 5.74) is 1.10. The summed E-state index contributed by atoms with van der Waals surface area (Å²) in [5, 5.41) is 0. The van der Waals surface area contributed by atoms with Gasteiger partial charge in [0.2, 0.25) is 11.8 Å². The summed E-state index contributed by atoms with van der Waals surface area (Å²) in [7, 11) is 0. The number of nitrogens with zero attached hydrogens (tertiary/aromatic N) is 3. The second-order valence-corrected chi connectivity index (χ2v) is 11.8. The number of rotatable bonds is 17. The maximum absolute atomic E-state index is 13.7. The lowest BCUT2D eigenvalue weighted by Gasteiger charge is -2.31. The molecule has 6 nitrogen and oxygen atoms in total. The molecule has 1 fully saturated rings. The molecule has 0 bridgehead atoms. The van der Waals surface area contributed by atoms with Gasteiger partial charge in [0.15, 0.2) is 0 Å². The molecule has 0 spiro atoms. The van der Waals surface area contributed by atoms with Gasteiger partial charge in [0.05, 0.1) is 26.3 Å². The van der Waals surface area contributed by atoms with Crippen molar-refractivity contribution in [1.82, 2.24) is 14.7 Å². The molecule has 2 amide bonds. The Hall–Kier alpha value is -2.22. The monoisotopic (exact) mass is 541 g/mol. The lowest BCUT2D eigenvalue weighted by molar-refractivity contribution is -0.141. The zero-order valence-electron chi connectivity index (χ0n) is 23.5. The first kappa shape index (κ1) is 30.3. The van der Waals surface area contributed by atoms with E-state index in [4.69, 9.17) is 4.74 Å². The van der Waals surface area contributed by atoms with Gasteiger partial charge in [-0.1, -0.05) is 75.8 Å². The van der Waals surface area contributed by atoms with Crippen molar-refractivity contribution in [2.75, 3.05) is 45.9 Å². The molecule has 1 aromatic heterocycles. The SMILES string of the molecule is CCCCCCCCCC(=O)N(CCN1CCOCC1)CC(=O)N(Cc1ccccc1)Cc1ccc(C)s1. The number of aryl methyl sites for hydroxylation is 1. The average Bonchev–Trinajstić information content (AvgIpc) is 3.35. The van der Waals surface area contributed by atoms with E-state index in [9.17, 15) is 9.59 Å². The van der Waals surface area contributed by atoms with Crippen molar-refractivity contribution in [3.05, 3.63) is 57.8 Å². The molecule has 0 radical (unpaired) electrons. The number of thiophene rings is 1. The van der Waals surface area contributed by atoms with Crippen molar-refractivity contribution in [3.8, 4) is 0 Å². The largest absolute Gasteiger partial charge is 0.379 e. The molecule has 1 aliphatic rings. The Kier molecular flexibility index (Phi) is 13.9. The molecule has 0 saturated carbocycles. The number of amides is 2. The minimum absolute atomic E-state index is 0.00907. The molecule has 7 heteroatoms. The third-order valence-electron chi connectivity index (χ3n) is 7.17. The highest BCUT2D eigenvalue weighted by atomic mass is 32.1. The first-order chi connectivity index (χ1) is 18.5. The molecule has 0 aliphatic carbocycles. The summed E-state index contributed by atoms with van der Waals surface area (Å²) in [6.07, 6.45) is 8.76.